The molecular formula is C37H25N5O. The molecule has 6 nitrogen and oxygen atoms in total. The zero-order chi connectivity index (χ0) is 28.6. The second kappa shape index (κ2) is 10.4. The van der Waals surface area contributed by atoms with E-state index in [9.17, 15) is 0 Å². The van der Waals surface area contributed by atoms with Crippen molar-refractivity contribution in [3.05, 3.63) is 152 Å². The number of pyridine rings is 3. The Balaban J connectivity index is 1.49. The van der Waals surface area contributed by atoms with E-state index in [1.165, 1.54) is 0 Å². The Kier molecular flexibility index (Phi) is 6.01. The van der Waals surface area contributed by atoms with Crippen molar-refractivity contribution in [3.63, 3.8) is 0 Å². The van der Waals surface area contributed by atoms with Crippen molar-refractivity contribution in [1.82, 2.24) is 24.1 Å². The molecule has 0 atom stereocenters. The van der Waals surface area contributed by atoms with Crippen molar-refractivity contribution in [2.45, 2.75) is 0 Å². The van der Waals surface area contributed by atoms with Crippen LogP contribution in [-0.4, -0.2) is 24.1 Å². The van der Waals surface area contributed by atoms with Crippen molar-refractivity contribution in [2.24, 2.45) is 0 Å². The topological polar surface area (TPSA) is 57.8 Å². The Morgan fingerprint density at radius 2 is 0.953 bits per heavy atom. The lowest BCUT2D eigenvalue weighted by atomic mass is 10.1. The Morgan fingerprint density at radius 3 is 1.60 bits per heavy atom. The van der Waals surface area contributed by atoms with E-state index in [0.717, 1.165) is 55.2 Å². The smallest absolute Gasteiger partial charge is 0.223 e. The number of hydrogen-bond donors (Lipinski definition) is 0. The molecule has 5 aromatic heterocycles. The van der Waals surface area contributed by atoms with Crippen LogP contribution in [0.25, 0.3) is 55.2 Å². The van der Waals surface area contributed by atoms with Gasteiger partial charge in [-0.15, -0.1) is 0 Å². The fourth-order valence-electron chi connectivity index (χ4n) is 5.63. The fraction of sp³-hybridized carbons (Fsp3) is 0. The summed E-state index contributed by atoms with van der Waals surface area (Å²) in [6, 6.07) is 47.4. The molecule has 8 rings (SSSR count). The number of para-hydroxylation sites is 2. The van der Waals surface area contributed by atoms with Crippen LogP contribution >= 0.6 is 0 Å². The molecule has 0 N–H and O–H groups in total. The molecule has 43 heavy (non-hydrogen) atoms. The predicted molar refractivity (Wildman–Crippen MR) is 173 cm³/mol. The minimum atomic E-state index is 0.467. The highest BCUT2D eigenvalue weighted by atomic mass is 16.5. The summed E-state index contributed by atoms with van der Waals surface area (Å²) in [4.78, 5) is 14.1. The Bertz CT molecular complexity index is 2320. The van der Waals surface area contributed by atoms with Crippen LogP contribution in [0.5, 0.6) is 11.8 Å². The number of benzene rings is 3. The van der Waals surface area contributed by atoms with Gasteiger partial charge in [-0.05, 0) is 70.1 Å². The molecule has 8 aromatic rings. The average Bonchev–Trinajstić information content (AvgIpc) is 3.32. The first-order chi connectivity index (χ1) is 21.3. The van der Waals surface area contributed by atoms with Gasteiger partial charge in [0.15, 0.2) is 0 Å². The quantitative estimate of drug-likeness (QED) is 0.217. The van der Waals surface area contributed by atoms with E-state index >= 15 is 0 Å². The number of hydrogen-bond acceptors (Lipinski definition) is 4. The molecule has 0 unspecified atom stereocenters. The molecule has 3 aromatic carbocycles. The molecule has 0 aliphatic rings. The van der Waals surface area contributed by atoms with Gasteiger partial charge in [0.2, 0.25) is 11.8 Å². The highest BCUT2D eigenvalue weighted by Gasteiger charge is 2.13. The van der Waals surface area contributed by atoms with Gasteiger partial charge in [0.1, 0.15) is 11.6 Å². The Hall–Kier alpha value is -6.01. The second-order valence-electron chi connectivity index (χ2n) is 10.2. The van der Waals surface area contributed by atoms with E-state index in [1.807, 2.05) is 60.8 Å². The van der Waals surface area contributed by atoms with E-state index < -0.39 is 0 Å². The summed E-state index contributed by atoms with van der Waals surface area (Å²) in [5.74, 6) is 2.54. The molecule has 0 bridgehead atoms. The molecule has 0 amide bonds. The summed E-state index contributed by atoms with van der Waals surface area (Å²) in [7, 11) is 0. The Labute approximate surface area is 247 Å². The van der Waals surface area contributed by atoms with Crippen LogP contribution in [0.3, 0.4) is 0 Å². The maximum Gasteiger partial charge on any atom is 0.223 e. The third-order valence-corrected chi connectivity index (χ3v) is 7.56. The first-order valence-electron chi connectivity index (χ1n) is 14.1. The van der Waals surface area contributed by atoms with Gasteiger partial charge in [-0.1, -0.05) is 78.9 Å². The summed E-state index contributed by atoms with van der Waals surface area (Å²) < 4.78 is 10.5. The van der Waals surface area contributed by atoms with Crippen molar-refractivity contribution in [1.29, 1.82) is 0 Å². The van der Waals surface area contributed by atoms with E-state index in [1.54, 1.807) is 6.20 Å². The SMILES string of the molecule is c1ccc(Oc2cccc(-n3c4ccccc4ccc4cc5ccc6ccccc6n(-c6ccccn6)c5cc43)n2)nc1. The molecule has 6 heteroatoms. The minimum Gasteiger partial charge on any atom is -0.421 e. The average molecular weight is 556 g/mol. The minimum absolute atomic E-state index is 0.467. The van der Waals surface area contributed by atoms with Gasteiger partial charge in [-0.3, -0.25) is 9.13 Å². The molecule has 0 spiro atoms. The van der Waals surface area contributed by atoms with Gasteiger partial charge >= 0.3 is 0 Å². The lowest BCUT2D eigenvalue weighted by Gasteiger charge is -2.15. The van der Waals surface area contributed by atoms with Crippen molar-refractivity contribution < 1.29 is 4.74 Å². The maximum absolute atomic E-state index is 6.05. The van der Waals surface area contributed by atoms with E-state index in [2.05, 4.69) is 99.0 Å². The number of nitrogens with zero attached hydrogens (tertiary/aromatic N) is 5. The van der Waals surface area contributed by atoms with Crippen LogP contribution < -0.4 is 4.74 Å². The first kappa shape index (κ1) is 24.8. The lowest BCUT2D eigenvalue weighted by molar-refractivity contribution is 0.444. The van der Waals surface area contributed by atoms with Gasteiger partial charge in [0.25, 0.3) is 0 Å². The molecule has 0 fully saturated rings. The van der Waals surface area contributed by atoms with Gasteiger partial charge in [-0.25, -0.2) is 9.97 Å². The van der Waals surface area contributed by atoms with Crippen LogP contribution in [-0.2, 0) is 0 Å². The normalized spacial score (nSPS) is 11.3. The molecule has 0 radical (unpaired) electrons. The van der Waals surface area contributed by atoms with E-state index in [4.69, 9.17) is 14.7 Å². The first-order valence-corrected chi connectivity index (χ1v) is 14.1. The Morgan fingerprint density at radius 1 is 0.395 bits per heavy atom. The summed E-state index contributed by atoms with van der Waals surface area (Å²) in [6.07, 6.45) is 3.54. The second-order valence-corrected chi connectivity index (χ2v) is 10.2. The monoisotopic (exact) mass is 555 g/mol. The maximum atomic E-state index is 6.05. The summed E-state index contributed by atoms with van der Waals surface area (Å²) in [5, 5.41) is 4.38. The van der Waals surface area contributed by atoms with Gasteiger partial charge in [0.05, 0.1) is 22.1 Å². The fourth-order valence-corrected chi connectivity index (χ4v) is 5.63. The third-order valence-electron chi connectivity index (χ3n) is 7.56. The zero-order valence-electron chi connectivity index (χ0n) is 23.1. The van der Waals surface area contributed by atoms with Gasteiger partial charge in [-0.2, -0.15) is 4.98 Å². The number of fused-ring (bicyclic) bond motifs is 4. The van der Waals surface area contributed by atoms with E-state index in [-0.39, 0.29) is 0 Å². The van der Waals surface area contributed by atoms with Gasteiger partial charge < -0.3 is 4.74 Å². The summed E-state index contributed by atoms with van der Waals surface area (Å²) in [6.45, 7) is 0. The number of aromatic nitrogens is 5. The van der Waals surface area contributed by atoms with E-state index in [0.29, 0.717) is 11.8 Å². The molecule has 0 aliphatic carbocycles. The van der Waals surface area contributed by atoms with Crippen LogP contribution in [0.4, 0.5) is 0 Å². The number of ether oxygens (including phenoxy) is 1. The third kappa shape index (κ3) is 4.51. The standard InChI is InChI=1S/C37H25N5O/c1-3-12-30-26(10-1)18-20-28-24-29-21-19-27-11-2-4-13-31(27)42(33(29)25-32(28)41(30)34-14-5-7-22-38-34)35-15-9-17-37(40-35)43-36-16-6-8-23-39-36/h1-25H. The van der Waals surface area contributed by atoms with Crippen LogP contribution in [0.2, 0.25) is 0 Å². The highest BCUT2D eigenvalue weighted by molar-refractivity contribution is 6.01. The van der Waals surface area contributed by atoms with Gasteiger partial charge in [0, 0.05) is 24.5 Å². The molecule has 5 heterocycles. The molecule has 204 valence electrons. The summed E-state index contributed by atoms with van der Waals surface area (Å²) in [5.41, 5.74) is 4.11. The molecule has 0 saturated heterocycles. The molecule has 0 saturated carbocycles. The molecular weight excluding hydrogens is 530 g/mol. The van der Waals surface area contributed by atoms with Crippen LogP contribution in [0, 0.1) is 0 Å². The van der Waals surface area contributed by atoms with Crippen LogP contribution in [0.1, 0.15) is 0 Å². The molecule has 0 aliphatic heterocycles. The van der Waals surface area contributed by atoms with Crippen molar-refractivity contribution in [2.75, 3.05) is 0 Å². The highest BCUT2D eigenvalue weighted by Crippen LogP contribution is 2.31. The summed E-state index contributed by atoms with van der Waals surface area (Å²) >= 11 is 0. The zero-order valence-corrected chi connectivity index (χ0v) is 23.1. The number of rotatable bonds is 4. The largest absolute Gasteiger partial charge is 0.421 e. The van der Waals surface area contributed by atoms with Crippen LogP contribution in [0.15, 0.2) is 152 Å². The van der Waals surface area contributed by atoms with Crippen molar-refractivity contribution >= 4 is 43.6 Å². The van der Waals surface area contributed by atoms with Crippen molar-refractivity contribution in [3.8, 4) is 23.4 Å². The predicted octanol–water partition coefficient (Wildman–Crippen LogP) is 8.98. The lowest BCUT2D eigenvalue weighted by Crippen LogP contribution is -2.03.